The van der Waals surface area contributed by atoms with Gasteiger partial charge in [0.2, 0.25) is 10.0 Å². The van der Waals surface area contributed by atoms with Crippen molar-refractivity contribution in [2.24, 2.45) is 0 Å². The number of sulfonamides is 1. The van der Waals surface area contributed by atoms with Crippen LogP contribution in [0.15, 0.2) is 46.7 Å². The Labute approximate surface area is 191 Å². The minimum atomic E-state index is -3.49. The first-order valence-corrected chi connectivity index (χ1v) is 12.3. The van der Waals surface area contributed by atoms with Crippen LogP contribution in [0.2, 0.25) is 5.02 Å². The van der Waals surface area contributed by atoms with Gasteiger partial charge >= 0.3 is 0 Å². The molecule has 3 rings (SSSR count). The molecule has 0 aliphatic carbocycles. The lowest BCUT2D eigenvalue weighted by molar-refractivity contribution is 0.405. The monoisotopic (exact) mass is 481 g/mol. The molecule has 166 valence electrons. The molecule has 1 aromatic heterocycles. The number of aromatic nitrogens is 1. The Hall–Kier alpha value is -2.33. The quantitative estimate of drug-likeness (QED) is 0.449. The second-order valence-corrected chi connectivity index (χ2v) is 9.67. The summed E-state index contributed by atoms with van der Waals surface area (Å²) >= 11 is 7.58. The minimum Gasteiger partial charge on any atom is -0.495 e. The largest absolute Gasteiger partial charge is 0.495 e. The average Bonchev–Trinajstić information content (AvgIpc) is 3.24. The number of nitrogens with one attached hydrogen (secondary N) is 1. The highest BCUT2D eigenvalue weighted by atomic mass is 35.5. The normalized spacial score (nSPS) is 11.5. The van der Waals surface area contributed by atoms with E-state index < -0.39 is 10.0 Å². The Balaban J connectivity index is 1.83. The van der Waals surface area contributed by atoms with Crippen LogP contribution in [0.1, 0.15) is 13.8 Å². The van der Waals surface area contributed by atoms with Crippen molar-refractivity contribution in [2.45, 2.75) is 18.7 Å². The molecule has 3 aromatic rings. The van der Waals surface area contributed by atoms with E-state index in [2.05, 4.69) is 10.3 Å². The first-order chi connectivity index (χ1) is 14.8. The number of anilines is 2. The van der Waals surface area contributed by atoms with E-state index in [0.717, 1.165) is 11.3 Å². The van der Waals surface area contributed by atoms with Gasteiger partial charge < -0.3 is 14.8 Å². The van der Waals surface area contributed by atoms with Crippen LogP contribution in [0.25, 0.3) is 11.3 Å². The number of nitrogens with zero attached hydrogens (tertiary/aromatic N) is 2. The van der Waals surface area contributed by atoms with Gasteiger partial charge in [-0.25, -0.2) is 13.4 Å². The molecule has 10 heteroatoms. The van der Waals surface area contributed by atoms with Gasteiger partial charge in [-0.3, -0.25) is 0 Å². The molecule has 0 aliphatic rings. The predicted molar refractivity (Wildman–Crippen MR) is 125 cm³/mol. The lowest BCUT2D eigenvalue weighted by atomic mass is 10.2. The van der Waals surface area contributed by atoms with Crippen LogP contribution in [-0.4, -0.2) is 45.0 Å². The van der Waals surface area contributed by atoms with Crippen molar-refractivity contribution in [3.63, 3.8) is 0 Å². The highest BCUT2D eigenvalue weighted by Crippen LogP contribution is 2.38. The van der Waals surface area contributed by atoms with Crippen molar-refractivity contribution < 1.29 is 17.9 Å². The number of hydrogen-bond acceptors (Lipinski definition) is 7. The maximum atomic E-state index is 12.7. The third-order valence-corrected chi connectivity index (χ3v) is 7.83. The molecule has 0 aliphatic heterocycles. The molecule has 7 nitrogen and oxygen atoms in total. The third-order valence-electron chi connectivity index (χ3n) is 4.71. The highest BCUT2D eigenvalue weighted by Gasteiger charge is 2.21. The molecule has 0 bridgehead atoms. The fourth-order valence-electron chi connectivity index (χ4n) is 3.05. The molecule has 2 aromatic carbocycles. The summed E-state index contributed by atoms with van der Waals surface area (Å²) in [7, 11) is -0.382. The maximum Gasteiger partial charge on any atom is 0.243 e. The Morgan fingerprint density at radius 1 is 1.06 bits per heavy atom. The first-order valence-electron chi connectivity index (χ1n) is 9.58. The summed E-state index contributed by atoms with van der Waals surface area (Å²) in [6.07, 6.45) is 0. The molecule has 0 radical (unpaired) electrons. The lowest BCUT2D eigenvalue weighted by Crippen LogP contribution is -2.30. The Morgan fingerprint density at radius 3 is 2.29 bits per heavy atom. The summed E-state index contributed by atoms with van der Waals surface area (Å²) in [5, 5.41) is 6.22. The smallest absolute Gasteiger partial charge is 0.243 e. The van der Waals surface area contributed by atoms with Crippen LogP contribution >= 0.6 is 22.9 Å². The number of rotatable bonds is 9. The van der Waals surface area contributed by atoms with Crippen LogP contribution in [0.3, 0.4) is 0 Å². The molecule has 1 N–H and O–H groups in total. The second-order valence-electron chi connectivity index (χ2n) is 6.46. The number of methoxy groups -OCH3 is 2. The average molecular weight is 482 g/mol. The van der Waals surface area contributed by atoms with Gasteiger partial charge in [0.15, 0.2) is 5.13 Å². The van der Waals surface area contributed by atoms with Crippen LogP contribution in [-0.2, 0) is 10.0 Å². The van der Waals surface area contributed by atoms with Crippen LogP contribution < -0.4 is 14.8 Å². The van der Waals surface area contributed by atoms with Crippen molar-refractivity contribution in [3.05, 3.63) is 46.8 Å². The van der Waals surface area contributed by atoms with Crippen LogP contribution in [0.5, 0.6) is 11.5 Å². The van der Waals surface area contributed by atoms with Gasteiger partial charge in [0.1, 0.15) is 11.5 Å². The van der Waals surface area contributed by atoms with Gasteiger partial charge in [0.25, 0.3) is 0 Å². The summed E-state index contributed by atoms with van der Waals surface area (Å²) < 4.78 is 37.4. The Morgan fingerprint density at radius 2 is 1.71 bits per heavy atom. The number of ether oxygens (including phenoxy) is 2. The summed E-state index contributed by atoms with van der Waals surface area (Å²) in [6, 6.07) is 10.2. The maximum absolute atomic E-state index is 12.7. The lowest BCUT2D eigenvalue weighted by Gasteiger charge is -2.18. The van der Waals surface area contributed by atoms with E-state index in [1.165, 1.54) is 15.6 Å². The van der Waals surface area contributed by atoms with Gasteiger partial charge in [-0.2, -0.15) is 4.31 Å². The van der Waals surface area contributed by atoms with Crippen LogP contribution in [0.4, 0.5) is 10.8 Å². The van der Waals surface area contributed by atoms with Gasteiger partial charge in [-0.1, -0.05) is 37.6 Å². The molecule has 1 heterocycles. The summed E-state index contributed by atoms with van der Waals surface area (Å²) in [5.41, 5.74) is 2.23. The topological polar surface area (TPSA) is 80.8 Å². The zero-order valence-corrected chi connectivity index (χ0v) is 20.1. The number of thiazole rings is 1. The van der Waals surface area contributed by atoms with Crippen molar-refractivity contribution in [1.29, 1.82) is 0 Å². The molecule has 0 unspecified atom stereocenters. The predicted octanol–water partition coefficient (Wildman–Crippen LogP) is 5.25. The van der Waals surface area contributed by atoms with E-state index >= 15 is 0 Å². The van der Waals surface area contributed by atoms with Crippen LogP contribution in [0, 0.1) is 0 Å². The fraction of sp³-hybridized carbons (Fsp3) is 0.286. The van der Waals surface area contributed by atoms with Crippen molar-refractivity contribution in [3.8, 4) is 22.8 Å². The van der Waals surface area contributed by atoms with E-state index in [9.17, 15) is 8.42 Å². The molecule has 0 atom stereocenters. The molecule has 31 heavy (non-hydrogen) atoms. The molecule has 0 saturated heterocycles. The highest BCUT2D eigenvalue weighted by molar-refractivity contribution is 7.89. The molecular weight excluding hydrogens is 458 g/mol. The Kier molecular flexibility index (Phi) is 7.42. The van der Waals surface area contributed by atoms with Crippen molar-refractivity contribution >= 4 is 43.8 Å². The first kappa shape index (κ1) is 23.3. The summed E-state index contributed by atoms with van der Waals surface area (Å²) in [4.78, 5) is 4.88. The van der Waals surface area contributed by atoms with Gasteiger partial charge in [-0.15, -0.1) is 11.3 Å². The van der Waals surface area contributed by atoms with Gasteiger partial charge in [0.05, 0.1) is 35.5 Å². The number of benzene rings is 2. The standard InChI is InChI=1S/C21H24ClN3O4S2/c1-5-25(6-2)31(26,27)15-9-7-14(8-10-15)18-13-30-21(24-18)23-17-12-19(28-3)16(22)11-20(17)29-4/h7-13H,5-6H2,1-4H3,(H,23,24). The second kappa shape index (κ2) is 9.86. The van der Waals surface area contributed by atoms with Gasteiger partial charge in [-0.05, 0) is 12.1 Å². The fourth-order valence-corrected chi connectivity index (χ4v) is 5.47. The molecule has 0 saturated carbocycles. The van der Waals surface area contributed by atoms with E-state index in [1.807, 2.05) is 19.2 Å². The minimum absolute atomic E-state index is 0.270. The molecule has 0 amide bonds. The molecule has 0 fully saturated rings. The van der Waals surface area contributed by atoms with Gasteiger partial charge in [0, 0.05) is 36.2 Å². The zero-order valence-electron chi connectivity index (χ0n) is 17.7. The van der Waals surface area contributed by atoms with E-state index in [0.29, 0.717) is 40.4 Å². The molecular formula is C21H24ClN3O4S2. The van der Waals surface area contributed by atoms with E-state index in [-0.39, 0.29) is 4.90 Å². The van der Waals surface area contributed by atoms with Crippen molar-refractivity contribution in [2.75, 3.05) is 32.6 Å². The zero-order chi connectivity index (χ0) is 22.6. The van der Waals surface area contributed by atoms with E-state index in [1.54, 1.807) is 50.6 Å². The SMILES string of the molecule is CCN(CC)S(=O)(=O)c1ccc(-c2csc(Nc3cc(OC)c(Cl)cc3OC)n2)cc1. The summed E-state index contributed by atoms with van der Waals surface area (Å²) in [5.74, 6) is 1.08. The Bertz CT molecular complexity index is 1140. The molecule has 0 spiro atoms. The third kappa shape index (κ3) is 4.95. The number of hydrogen-bond donors (Lipinski definition) is 1. The number of halogens is 1. The van der Waals surface area contributed by atoms with Crippen molar-refractivity contribution in [1.82, 2.24) is 9.29 Å². The van der Waals surface area contributed by atoms with E-state index in [4.69, 9.17) is 21.1 Å². The summed E-state index contributed by atoms with van der Waals surface area (Å²) in [6.45, 7) is 4.51.